The third-order valence-electron chi connectivity index (χ3n) is 4.06. The van der Waals surface area contributed by atoms with Gasteiger partial charge in [-0.1, -0.05) is 29.8 Å². The van der Waals surface area contributed by atoms with Gasteiger partial charge in [-0.2, -0.15) is 0 Å². The molecule has 0 aliphatic heterocycles. The van der Waals surface area contributed by atoms with Crippen LogP contribution in [0, 0.1) is 6.92 Å². The van der Waals surface area contributed by atoms with Crippen LogP contribution < -0.4 is 15.4 Å². The number of rotatable bonds is 7. The van der Waals surface area contributed by atoms with Crippen molar-refractivity contribution in [2.75, 3.05) is 5.32 Å². The Balaban J connectivity index is 1.62. The summed E-state index contributed by atoms with van der Waals surface area (Å²) in [5.74, 6) is 1.30. The molecular formula is C23H25N3O2. The quantitative estimate of drug-likeness (QED) is 0.620. The van der Waals surface area contributed by atoms with Gasteiger partial charge in [0.25, 0.3) is 5.91 Å². The predicted molar refractivity (Wildman–Crippen MR) is 112 cm³/mol. The standard InChI is InChI=1S/C23H25N3O2/c1-16(2)28-21-9-7-20(8-10-21)26-22-14-19(11-12-24-22)23(27)25-15-18-6-4-5-17(3)13-18/h4-14,16H,15H2,1-3H3,(H,24,26)(H,25,27). The molecule has 5 nitrogen and oxygen atoms in total. The van der Waals surface area contributed by atoms with E-state index in [2.05, 4.69) is 21.7 Å². The Morgan fingerprint density at radius 1 is 1.07 bits per heavy atom. The summed E-state index contributed by atoms with van der Waals surface area (Å²) in [6.07, 6.45) is 1.76. The van der Waals surface area contributed by atoms with E-state index in [9.17, 15) is 4.79 Å². The summed E-state index contributed by atoms with van der Waals surface area (Å²) >= 11 is 0. The summed E-state index contributed by atoms with van der Waals surface area (Å²) in [6.45, 7) is 6.51. The van der Waals surface area contributed by atoms with Gasteiger partial charge in [0.15, 0.2) is 0 Å². The van der Waals surface area contributed by atoms with Crippen molar-refractivity contribution in [3.05, 3.63) is 83.6 Å². The highest BCUT2D eigenvalue weighted by molar-refractivity contribution is 5.94. The number of aryl methyl sites for hydroxylation is 1. The lowest BCUT2D eigenvalue weighted by Crippen LogP contribution is -2.22. The lowest BCUT2D eigenvalue weighted by molar-refractivity contribution is 0.0951. The van der Waals surface area contributed by atoms with Crippen molar-refractivity contribution in [3.8, 4) is 5.75 Å². The monoisotopic (exact) mass is 375 g/mol. The van der Waals surface area contributed by atoms with Crippen LogP contribution >= 0.6 is 0 Å². The van der Waals surface area contributed by atoms with E-state index >= 15 is 0 Å². The molecule has 0 radical (unpaired) electrons. The van der Waals surface area contributed by atoms with Crippen LogP contribution in [0.3, 0.4) is 0 Å². The zero-order valence-corrected chi connectivity index (χ0v) is 16.4. The summed E-state index contributed by atoms with van der Waals surface area (Å²) in [6, 6.07) is 19.2. The third kappa shape index (κ3) is 5.58. The molecule has 0 bridgehead atoms. The molecule has 3 aromatic rings. The fraction of sp³-hybridized carbons (Fsp3) is 0.217. The molecule has 0 saturated heterocycles. The Morgan fingerprint density at radius 3 is 2.57 bits per heavy atom. The van der Waals surface area contributed by atoms with Crippen LogP contribution in [0.25, 0.3) is 0 Å². The van der Waals surface area contributed by atoms with Crippen molar-refractivity contribution >= 4 is 17.4 Å². The summed E-state index contributed by atoms with van der Waals surface area (Å²) in [5.41, 5.74) is 3.68. The van der Waals surface area contributed by atoms with Crippen molar-refractivity contribution < 1.29 is 9.53 Å². The topological polar surface area (TPSA) is 63.2 Å². The fourth-order valence-corrected chi connectivity index (χ4v) is 2.78. The predicted octanol–water partition coefficient (Wildman–Crippen LogP) is 4.85. The van der Waals surface area contributed by atoms with Gasteiger partial charge in [-0.25, -0.2) is 4.98 Å². The Kier molecular flexibility index (Phi) is 6.27. The van der Waals surface area contributed by atoms with E-state index in [1.807, 2.05) is 63.2 Å². The van der Waals surface area contributed by atoms with Gasteiger partial charge >= 0.3 is 0 Å². The maximum Gasteiger partial charge on any atom is 0.251 e. The largest absolute Gasteiger partial charge is 0.491 e. The minimum Gasteiger partial charge on any atom is -0.491 e. The summed E-state index contributed by atoms with van der Waals surface area (Å²) < 4.78 is 5.64. The summed E-state index contributed by atoms with van der Waals surface area (Å²) in [5, 5.41) is 6.16. The molecule has 0 atom stereocenters. The summed E-state index contributed by atoms with van der Waals surface area (Å²) in [7, 11) is 0. The zero-order chi connectivity index (χ0) is 19.9. The molecule has 0 unspecified atom stereocenters. The Hall–Kier alpha value is -3.34. The van der Waals surface area contributed by atoms with Crippen molar-refractivity contribution in [2.24, 2.45) is 0 Å². The van der Waals surface area contributed by atoms with Crippen molar-refractivity contribution in [1.29, 1.82) is 0 Å². The number of nitrogens with zero attached hydrogens (tertiary/aromatic N) is 1. The number of benzene rings is 2. The maximum atomic E-state index is 12.5. The minimum absolute atomic E-state index is 0.132. The van der Waals surface area contributed by atoms with Gasteiger partial charge in [-0.3, -0.25) is 4.79 Å². The summed E-state index contributed by atoms with van der Waals surface area (Å²) in [4.78, 5) is 16.8. The number of hydrogen-bond donors (Lipinski definition) is 2. The molecule has 1 aromatic heterocycles. The molecule has 0 aliphatic rings. The first kappa shape index (κ1) is 19.4. The first-order valence-electron chi connectivity index (χ1n) is 9.33. The molecule has 1 amide bonds. The number of ether oxygens (including phenoxy) is 1. The molecule has 0 saturated carbocycles. The van der Waals surface area contributed by atoms with Gasteiger partial charge in [0, 0.05) is 24.0 Å². The minimum atomic E-state index is -0.132. The van der Waals surface area contributed by atoms with Crippen LogP contribution in [-0.2, 0) is 6.54 Å². The molecule has 28 heavy (non-hydrogen) atoms. The van der Waals surface area contributed by atoms with E-state index in [4.69, 9.17) is 4.74 Å². The van der Waals surface area contributed by atoms with Gasteiger partial charge in [0.2, 0.25) is 0 Å². The maximum absolute atomic E-state index is 12.5. The van der Waals surface area contributed by atoms with Crippen LogP contribution in [0.4, 0.5) is 11.5 Å². The number of aromatic nitrogens is 1. The molecular weight excluding hydrogens is 350 g/mol. The van der Waals surface area contributed by atoms with Crippen LogP contribution in [0.5, 0.6) is 5.75 Å². The fourth-order valence-electron chi connectivity index (χ4n) is 2.78. The number of carbonyl (C=O) groups excluding carboxylic acids is 1. The average molecular weight is 375 g/mol. The third-order valence-corrected chi connectivity index (χ3v) is 4.06. The van der Waals surface area contributed by atoms with Crippen LogP contribution in [0.1, 0.15) is 35.3 Å². The van der Waals surface area contributed by atoms with Crippen molar-refractivity contribution in [2.45, 2.75) is 33.4 Å². The molecule has 2 aromatic carbocycles. The molecule has 2 N–H and O–H groups in total. The highest BCUT2D eigenvalue weighted by Crippen LogP contribution is 2.20. The van der Waals surface area contributed by atoms with E-state index in [1.165, 1.54) is 5.56 Å². The second-order valence-electron chi connectivity index (χ2n) is 6.92. The second-order valence-corrected chi connectivity index (χ2v) is 6.92. The first-order chi connectivity index (χ1) is 13.5. The Labute approximate surface area is 165 Å². The van der Waals surface area contributed by atoms with E-state index < -0.39 is 0 Å². The van der Waals surface area contributed by atoms with Crippen LogP contribution in [-0.4, -0.2) is 17.0 Å². The number of pyridine rings is 1. The van der Waals surface area contributed by atoms with E-state index in [-0.39, 0.29) is 12.0 Å². The smallest absolute Gasteiger partial charge is 0.251 e. The van der Waals surface area contributed by atoms with E-state index in [1.54, 1.807) is 18.3 Å². The van der Waals surface area contributed by atoms with Crippen LogP contribution in [0.15, 0.2) is 66.9 Å². The molecule has 0 aliphatic carbocycles. The first-order valence-corrected chi connectivity index (χ1v) is 9.33. The van der Waals surface area contributed by atoms with Gasteiger partial charge in [0.05, 0.1) is 6.10 Å². The molecule has 1 heterocycles. The average Bonchev–Trinajstić information content (AvgIpc) is 2.67. The molecule has 3 rings (SSSR count). The van der Waals surface area contributed by atoms with Crippen LogP contribution in [0.2, 0.25) is 0 Å². The van der Waals surface area contributed by atoms with Gasteiger partial charge in [-0.05, 0) is 62.7 Å². The SMILES string of the molecule is Cc1cccc(CNC(=O)c2ccnc(Nc3ccc(OC(C)C)cc3)c2)c1. The molecule has 0 spiro atoms. The highest BCUT2D eigenvalue weighted by atomic mass is 16.5. The van der Waals surface area contributed by atoms with Gasteiger partial charge in [-0.15, -0.1) is 0 Å². The van der Waals surface area contributed by atoms with Crippen molar-refractivity contribution in [1.82, 2.24) is 10.3 Å². The highest BCUT2D eigenvalue weighted by Gasteiger charge is 2.07. The van der Waals surface area contributed by atoms with Gasteiger partial charge in [0.1, 0.15) is 11.6 Å². The number of anilines is 2. The lowest BCUT2D eigenvalue weighted by atomic mass is 10.1. The van der Waals surface area contributed by atoms with Gasteiger partial charge < -0.3 is 15.4 Å². The number of hydrogen-bond acceptors (Lipinski definition) is 4. The molecule has 5 heteroatoms. The normalized spacial score (nSPS) is 10.6. The molecule has 144 valence electrons. The number of amides is 1. The molecule has 0 fully saturated rings. The number of carbonyl (C=O) groups is 1. The van der Waals surface area contributed by atoms with Crippen molar-refractivity contribution in [3.63, 3.8) is 0 Å². The lowest BCUT2D eigenvalue weighted by Gasteiger charge is -2.11. The Bertz CT molecular complexity index is 937. The Morgan fingerprint density at radius 2 is 1.86 bits per heavy atom. The second kappa shape index (κ2) is 9.04. The zero-order valence-electron chi connectivity index (χ0n) is 16.4. The van der Waals surface area contributed by atoms with E-state index in [0.29, 0.717) is 17.9 Å². The number of nitrogens with one attached hydrogen (secondary N) is 2. The van der Waals surface area contributed by atoms with E-state index in [0.717, 1.165) is 17.0 Å².